The monoisotopic (exact) mass is 392 g/mol. The van der Waals surface area contributed by atoms with Gasteiger partial charge in [-0.2, -0.15) is 4.98 Å². The third kappa shape index (κ3) is 4.05. The molecule has 0 radical (unpaired) electrons. The van der Waals surface area contributed by atoms with E-state index in [9.17, 15) is 4.39 Å². The molecule has 3 aromatic carbocycles. The van der Waals surface area contributed by atoms with Crippen LogP contribution >= 0.6 is 11.6 Å². The fourth-order valence-corrected chi connectivity index (χ4v) is 3.04. The Bertz CT molecular complexity index is 1130. The third-order valence-electron chi connectivity index (χ3n) is 4.40. The van der Waals surface area contributed by atoms with Crippen LogP contribution in [0, 0.1) is 12.7 Å². The Labute approximate surface area is 167 Å². The van der Waals surface area contributed by atoms with Gasteiger partial charge in [0.05, 0.1) is 5.52 Å². The molecule has 1 aromatic heterocycles. The first-order valence-electron chi connectivity index (χ1n) is 8.87. The fraction of sp³-hybridized carbons (Fsp3) is 0.0909. The van der Waals surface area contributed by atoms with Crippen LogP contribution in [0.15, 0.2) is 66.7 Å². The molecule has 6 heteroatoms. The van der Waals surface area contributed by atoms with Gasteiger partial charge in [-0.15, -0.1) is 0 Å². The van der Waals surface area contributed by atoms with E-state index in [0.717, 1.165) is 27.7 Å². The summed E-state index contributed by atoms with van der Waals surface area (Å²) in [5.41, 5.74) is 3.60. The average Bonchev–Trinajstić information content (AvgIpc) is 2.70. The number of anilines is 3. The van der Waals surface area contributed by atoms with Crippen molar-refractivity contribution in [1.82, 2.24) is 9.97 Å². The third-order valence-corrected chi connectivity index (χ3v) is 4.81. The second-order valence-corrected chi connectivity index (χ2v) is 6.89. The zero-order chi connectivity index (χ0) is 19.5. The van der Waals surface area contributed by atoms with Crippen LogP contribution in [-0.2, 0) is 6.54 Å². The highest BCUT2D eigenvalue weighted by molar-refractivity contribution is 6.31. The summed E-state index contributed by atoms with van der Waals surface area (Å²) in [6.07, 6.45) is 0. The summed E-state index contributed by atoms with van der Waals surface area (Å²) in [4.78, 5) is 9.23. The minimum Gasteiger partial charge on any atom is -0.365 e. The molecule has 4 nitrogen and oxygen atoms in total. The number of fused-ring (bicyclic) bond motifs is 1. The first-order chi connectivity index (χ1) is 13.6. The quantitative estimate of drug-likeness (QED) is 0.431. The minimum atomic E-state index is -0.250. The van der Waals surface area contributed by atoms with E-state index < -0.39 is 0 Å². The highest BCUT2D eigenvalue weighted by Gasteiger charge is 2.08. The van der Waals surface area contributed by atoms with E-state index >= 15 is 0 Å². The summed E-state index contributed by atoms with van der Waals surface area (Å²) >= 11 is 6.22. The van der Waals surface area contributed by atoms with Crippen LogP contribution in [0.2, 0.25) is 5.02 Å². The molecule has 0 saturated carbocycles. The summed E-state index contributed by atoms with van der Waals surface area (Å²) in [6.45, 7) is 2.48. The van der Waals surface area contributed by atoms with E-state index in [1.54, 1.807) is 12.1 Å². The van der Waals surface area contributed by atoms with E-state index in [4.69, 9.17) is 11.6 Å². The molecule has 0 saturated heterocycles. The van der Waals surface area contributed by atoms with Gasteiger partial charge in [-0.3, -0.25) is 0 Å². The molecule has 0 fully saturated rings. The van der Waals surface area contributed by atoms with E-state index in [2.05, 4.69) is 20.6 Å². The van der Waals surface area contributed by atoms with Crippen molar-refractivity contribution >= 4 is 40.0 Å². The zero-order valence-corrected chi connectivity index (χ0v) is 16.0. The predicted octanol–water partition coefficient (Wildman–Crippen LogP) is 6.09. The standard InChI is InChI=1S/C22H18ClFN4/c1-14-6-11-17(12-19(14)23)26-22-27-20-5-3-2-4-18(20)21(28-22)25-13-15-7-9-16(24)10-8-15/h2-12H,13H2,1H3,(H2,25,26,27,28). The maximum Gasteiger partial charge on any atom is 0.229 e. The first kappa shape index (κ1) is 18.2. The van der Waals surface area contributed by atoms with Crippen LogP contribution in [0.4, 0.5) is 21.8 Å². The summed E-state index contributed by atoms with van der Waals surface area (Å²) < 4.78 is 13.1. The van der Waals surface area contributed by atoms with E-state index in [1.807, 2.05) is 49.4 Å². The van der Waals surface area contributed by atoms with Gasteiger partial charge in [0.25, 0.3) is 0 Å². The van der Waals surface area contributed by atoms with Crippen molar-refractivity contribution in [3.05, 3.63) is 88.7 Å². The van der Waals surface area contributed by atoms with Crippen molar-refractivity contribution < 1.29 is 4.39 Å². The number of nitrogens with zero attached hydrogens (tertiary/aromatic N) is 2. The molecule has 0 spiro atoms. The molecule has 4 rings (SSSR count). The fourth-order valence-electron chi connectivity index (χ4n) is 2.86. The number of hydrogen-bond donors (Lipinski definition) is 2. The number of benzene rings is 3. The SMILES string of the molecule is Cc1ccc(Nc2nc(NCc3ccc(F)cc3)c3ccccc3n2)cc1Cl. The molecule has 0 aliphatic heterocycles. The van der Waals surface area contributed by atoms with Crippen molar-refractivity contribution in [3.8, 4) is 0 Å². The molecule has 0 aliphatic carbocycles. The van der Waals surface area contributed by atoms with Crippen LogP contribution in [0.25, 0.3) is 10.9 Å². The number of hydrogen-bond acceptors (Lipinski definition) is 4. The van der Waals surface area contributed by atoms with Crippen LogP contribution in [0.1, 0.15) is 11.1 Å². The van der Waals surface area contributed by atoms with Crippen molar-refractivity contribution in [3.63, 3.8) is 0 Å². The highest BCUT2D eigenvalue weighted by atomic mass is 35.5. The molecule has 4 aromatic rings. The topological polar surface area (TPSA) is 49.8 Å². The molecule has 140 valence electrons. The Morgan fingerprint density at radius 1 is 0.964 bits per heavy atom. The van der Waals surface area contributed by atoms with Gasteiger partial charge in [0.15, 0.2) is 0 Å². The van der Waals surface area contributed by atoms with Crippen molar-refractivity contribution in [2.24, 2.45) is 0 Å². The van der Waals surface area contributed by atoms with Gasteiger partial charge < -0.3 is 10.6 Å². The van der Waals surface area contributed by atoms with Gasteiger partial charge >= 0.3 is 0 Å². The lowest BCUT2D eigenvalue weighted by Crippen LogP contribution is -2.06. The summed E-state index contributed by atoms with van der Waals surface area (Å²) in [5, 5.41) is 8.14. The van der Waals surface area contributed by atoms with Gasteiger partial charge in [0.1, 0.15) is 11.6 Å². The lowest BCUT2D eigenvalue weighted by molar-refractivity contribution is 0.627. The van der Waals surface area contributed by atoms with Crippen LogP contribution < -0.4 is 10.6 Å². The van der Waals surface area contributed by atoms with Crippen molar-refractivity contribution in [2.75, 3.05) is 10.6 Å². The molecule has 28 heavy (non-hydrogen) atoms. The lowest BCUT2D eigenvalue weighted by atomic mass is 10.2. The lowest BCUT2D eigenvalue weighted by Gasteiger charge is -2.12. The van der Waals surface area contributed by atoms with Gasteiger partial charge in [-0.25, -0.2) is 9.37 Å². The maximum absolute atomic E-state index is 13.1. The Kier molecular flexibility index (Phi) is 5.08. The summed E-state index contributed by atoms with van der Waals surface area (Å²) in [6, 6.07) is 19.9. The number of rotatable bonds is 5. The molecular formula is C22H18ClFN4. The normalized spacial score (nSPS) is 10.8. The number of halogens is 2. The number of nitrogens with one attached hydrogen (secondary N) is 2. The van der Waals surface area contributed by atoms with Gasteiger partial charge in [-0.1, -0.05) is 41.9 Å². The molecule has 2 N–H and O–H groups in total. The number of aryl methyl sites for hydroxylation is 1. The molecular weight excluding hydrogens is 375 g/mol. The van der Waals surface area contributed by atoms with Crippen LogP contribution in [0.5, 0.6) is 0 Å². The second kappa shape index (κ2) is 7.82. The molecule has 1 heterocycles. The van der Waals surface area contributed by atoms with Gasteiger partial charge in [0, 0.05) is 22.6 Å². The molecule has 0 atom stereocenters. The minimum absolute atomic E-state index is 0.250. The van der Waals surface area contributed by atoms with Crippen molar-refractivity contribution in [2.45, 2.75) is 13.5 Å². The summed E-state index contributed by atoms with van der Waals surface area (Å²) in [7, 11) is 0. The molecule has 0 amide bonds. The number of aromatic nitrogens is 2. The van der Waals surface area contributed by atoms with E-state index in [-0.39, 0.29) is 5.82 Å². The van der Waals surface area contributed by atoms with E-state index in [1.165, 1.54) is 12.1 Å². The Balaban J connectivity index is 1.64. The maximum atomic E-state index is 13.1. The Morgan fingerprint density at radius 2 is 1.75 bits per heavy atom. The largest absolute Gasteiger partial charge is 0.365 e. The van der Waals surface area contributed by atoms with Crippen molar-refractivity contribution in [1.29, 1.82) is 0 Å². The Morgan fingerprint density at radius 3 is 2.54 bits per heavy atom. The Hall–Kier alpha value is -3.18. The zero-order valence-electron chi connectivity index (χ0n) is 15.2. The second-order valence-electron chi connectivity index (χ2n) is 6.48. The molecule has 0 bridgehead atoms. The smallest absolute Gasteiger partial charge is 0.229 e. The predicted molar refractivity (Wildman–Crippen MR) is 113 cm³/mol. The van der Waals surface area contributed by atoms with Gasteiger partial charge in [0.2, 0.25) is 5.95 Å². The van der Waals surface area contributed by atoms with Crippen LogP contribution in [0.3, 0.4) is 0 Å². The molecule has 0 unspecified atom stereocenters. The highest BCUT2D eigenvalue weighted by Crippen LogP contribution is 2.26. The average molecular weight is 393 g/mol. The van der Waals surface area contributed by atoms with E-state index in [0.29, 0.717) is 23.3 Å². The first-order valence-corrected chi connectivity index (χ1v) is 9.24. The molecule has 0 aliphatic rings. The summed E-state index contributed by atoms with van der Waals surface area (Å²) in [5.74, 6) is 0.926. The van der Waals surface area contributed by atoms with Crippen LogP contribution in [-0.4, -0.2) is 9.97 Å². The van der Waals surface area contributed by atoms with Gasteiger partial charge in [-0.05, 0) is 54.4 Å². The number of para-hydroxylation sites is 1.